The highest BCUT2D eigenvalue weighted by Crippen LogP contribution is 2.18. The van der Waals surface area contributed by atoms with E-state index in [1.165, 1.54) is 6.21 Å². The van der Waals surface area contributed by atoms with E-state index in [4.69, 9.17) is 4.74 Å². The van der Waals surface area contributed by atoms with E-state index in [9.17, 15) is 14.4 Å². The fraction of sp³-hybridized carbons (Fsp3) is 0.333. The van der Waals surface area contributed by atoms with Crippen molar-refractivity contribution in [3.63, 3.8) is 0 Å². The maximum atomic E-state index is 12.8. The quantitative estimate of drug-likeness (QED) is 0.381. The molecule has 1 saturated heterocycles. The number of nitrogens with zero attached hydrogens (tertiary/aromatic N) is 3. The number of hydrogen-bond acceptors (Lipinski definition) is 6. The van der Waals surface area contributed by atoms with Crippen LogP contribution in [0.3, 0.4) is 0 Å². The van der Waals surface area contributed by atoms with Gasteiger partial charge in [-0.1, -0.05) is 24.3 Å². The van der Waals surface area contributed by atoms with Crippen LogP contribution in [0, 0.1) is 0 Å². The van der Waals surface area contributed by atoms with Crippen LogP contribution < -0.4 is 15.6 Å². The highest BCUT2D eigenvalue weighted by Gasteiger charge is 2.22. The predicted molar refractivity (Wildman–Crippen MR) is 128 cm³/mol. The predicted octanol–water partition coefficient (Wildman–Crippen LogP) is 2.09. The molecule has 174 valence electrons. The molecule has 1 aliphatic heterocycles. The third-order valence-electron chi connectivity index (χ3n) is 5.31. The third-order valence-corrected chi connectivity index (χ3v) is 5.31. The number of morpholine rings is 1. The van der Waals surface area contributed by atoms with Gasteiger partial charge >= 0.3 is 11.8 Å². The smallest absolute Gasteiger partial charge is 0.329 e. The Labute approximate surface area is 193 Å². The van der Waals surface area contributed by atoms with E-state index < -0.39 is 11.8 Å². The first-order chi connectivity index (χ1) is 16.0. The van der Waals surface area contributed by atoms with Gasteiger partial charge in [-0.2, -0.15) is 5.10 Å². The highest BCUT2D eigenvalue weighted by molar-refractivity contribution is 6.40. The van der Waals surface area contributed by atoms with Crippen molar-refractivity contribution in [2.75, 3.05) is 49.6 Å². The fourth-order valence-corrected chi connectivity index (χ4v) is 3.47. The number of rotatable bonds is 7. The first kappa shape index (κ1) is 23.9. The van der Waals surface area contributed by atoms with Gasteiger partial charge in [0, 0.05) is 31.9 Å². The summed E-state index contributed by atoms with van der Waals surface area (Å²) in [5.41, 5.74) is 4.69. The lowest BCUT2D eigenvalue weighted by Gasteiger charge is -2.27. The zero-order valence-electron chi connectivity index (χ0n) is 18.9. The SMILES string of the molecule is CCN(CC)c1ccc(C=NNC(=O)C(=O)Nc2ccccc2C(=O)N2CCOCC2)cc1. The molecule has 9 heteroatoms. The van der Waals surface area contributed by atoms with Crippen LogP contribution >= 0.6 is 0 Å². The third kappa shape index (κ3) is 6.39. The monoisotopic (exact) mass is 451 g/mol. The van der Waals surface area contributed by atoms with Crippen molar-refractivity contribution < 1.29 is 19.1 Å². The summed E-state index contributed by atoms with van der Waals surface area (Å²) >= 11 is 0. The number of hydrogen-bond donors (Lipinski definition) is 2. The Hall–Kier alpha value is -3.72. The van der Waals surface area contributed by atoms with Gasteiger partial charge in [-0.25, -0.2) is 5.43 Å². The maximum Gasteiger partial charge on any atom is 0.329 e. The molecule has 0 radical (unpaired) electrons. The van der Waals surface area contributed by atoms with Gasteiger partial charge in [0.05, 0.1) is 30.7 Å². The van der Waals surface area contributed by atoms with Crippen molar-refractivity contribution in [2.24, 2.45) is 5.10 Å². The molecule has 2 aromatic rings. The number of ether oxygens (including phenoxy) is 1. The Bertz CT molecular complexity index is 996. The second-order valence-electron chi connectivity index (χ2n) is 7.37. The van der Waals surface area contributed by atoms with Gasteiger partial charge in [0.2, 0.25) is 0 Å². The van der Waals surface area contributed by atoms with Gasteiger partial charge in [0.15, 0.2) is 0 Å². The Morgan fingerprint density at radius 2 is 1.67 bits per heavy atom. The minimum atomic E-state index is -0.931. The van der Waals surface area contributed by atoms with Crippen molar-refractivity contribution in [1.29, 1.82) is 0 Å². The molecule has 0 saturated carbocycles. The summed E-state index contributed by atoms with van der Waals surface area (Å²) in [6.45, 7) is 7.91. The largest absolute Gasteiger partial charge is 0.378 e. The number of benzene rings is 2. The molecule has 0 aromatic heterocycles. The zero-order valence-corrected chi connectivity index (χ0v) is 18.9. The molecule has 0 unspecified atom stereocenters. The molecular formula is C24H29N5O4. The van der Waals surface area contributed by atoms with E-state index in [1.54, 1.807) is 29.2 Å². The summed E-state index contributed by atoms with van der Waals surface area (Å²) in [7, 11) is 0. The van der Waals surface area contributed by atoms with Gasteiger partial charge in [-0.15, -0.1) is 0 Å². The minimum Gasteiger partial charge on any atom is -0.378 e. The van der Waals surface area contributed by atoms with Crippen LogP contribution in [0.1, 0.15) is 29.8 Å². The average molecular weight is 452 g/mol. The Morgan fingerprint density at radius 3 is 2.33 bits per heavy atom. The molecule has 1 heterocycles. The standard InChI is InChI=1S/C24H29N5O4/c1-3-28(4-2)19-11-9-18(10-12-19)17-25-27-23(31)22(30)26-21-8-6-5-7-20(21)24(32)29-13-15-33-16-14-29/h5-12,17H,3-4,13-16H2,1-2H3,(H,26,30)(H,27,31). The van der Waals surface area contributed by atoms with E-state index >= 15 is 0 Å². The minimum absolute atomic E-state index is 0.221. The summed E-state index contributed by atoms with van der Waals surface area (Å²) in [6, 6.07) is 14.3. The van der Waals surface area contributed by atoms with Crippen LogP contribution in [0.15, 0.2) is 53.6 Å². The normalized spacial score (nSPS) is 13.6. The van der Waals surface area contributed by atoms with Crippen molar-refractivity contribution in [2.45, 2.75) is 13.8 Å². The molecule has 1 fully saturated rings. The Balaban J connectivity index is 1.58. The zero-order chi connectivity index (χ0) is 23.6. The van der Waals surface area contributed by atoms with Crippen molar-refractivity contribution >= 4 is 35.3 Å². The molecular weight excluding hydrogens is 422 g/mol. The molecule has 0 aliphatic carbocycles. The van der Waals surface area contributed by atoms with Gasteiger partial charge < -0.3 is 19.9 Å². The first-order valence-electron chi connectivity index (χ1n) is 11.0. The van der Waals surface area contributed by atoms with Crippen LogP contribution in [0.4, 0.5) is 11.4 Å². The molecule has 0 spiro atoms. The van der Waals surface area contributed by atoms with Crippen LogP contribution in [-0.2, 0) is 14.3 Å². The number of para-hydroxylation sites is 1. The lowest BCUT2D eigenvalue weighted by Crippen LogP contribution is -2.41. The van der Waals surface area contributed by atoms with Crippen molar-refractivity contribution in [3.8, 4) is 0 Å². The number of amides is 3. The molecule has 3 rings (SSSR count). The number of carbonyl (C=O) groups is 3. The van der Waals surface area contributed by atoms with Crippen LogP contribution in [0.25, 0.3) is 0 Å². The number of anilines is 2. The highest BCUT2D eigenvalue weighted by atomic mass is 16.5. The topological polar surface area (TPSA) is 103 Å². The summed E-state index contributed by atoms with van der Waals surface area (Å²) in [5.74, 6) is -2.06. The van der Waals surface area contributed by atoms with Crippen LogP contribution in [0.2, 0.25) is 0 Å². The van der Waals surface area contributed by atoms with E-state index in [0.717, 1.165) is 24.3 Å². The summed E-state index contributed by atoms with van der Waals surface area (Å²) in [5, 5.41) is 6.36. The molecule has 2 N–H and O–H groups in total. The summed E-state index contributed by atoms with van der Waals surface area (Å²) in [6.07, 6.45) is 1.47. The molecule has 3 amide bonds. The number of carbonyl (C=O) groups excluding carboxylic acids is 3. The molecule has 0 bridgehead atoms. The summed E-state index contributed by atoms with van der Waals surface area (Å²) in [4.78, 5) is 41.2. The fourth-order valence-electron chi connectivity index (χ4n) is 3.47. The van der Waals surface area contributed by atoms with E-state index in [2.05, 4.69) is 34.6 Å². The lowest BCUT2D eigenvalue weighted by atomic mass is 10.1. The van der Waals surface area contributed by atoms with E-state index in [0.29, 0.717) is 31.9 Å². The second kappa shape index (κ2) is 11.8. The average Bonchev–Trinajstić information content (AvgIpc) is 2.86. The molecule has 0 atom stereocenters. The molecule has 2 aromatic carbocycles. The Kier molecular flexibility index (Phi) is 8.54. The van der Waals surface area contributed by atoms with E-state index in [1.807, 2.05) is 24.3 Å². The lowest BCUT2D eigenvalue weighted by molar-refractivity contribution is -0.136. The van der Waals surface area contributed by atoms with Gasteiger partial charge in [0.25, 0.3) is 5.91 Å². The summed E-state index contributed by atoms with van der Waals surface area (Å²) < 4.78 is 5.28. The first-order valence-corrected chi connectivity index (χ1v) is 11.0. The van der Waals surface area contributed by atoms with Gasteiger partial charge in [-0.3, -0.25) is 14.4 Å². The molecule has 33 heavy (non-hydrogen) atoms. The molecule has 9 nitrogen and oxygen atoms in total. The number of hydrazone groups is 1. The number of nitrogens with one attached hydrogen (secondary N) is 2. The maximum absolute atomic E-state index is 12.8. The van der Waals surface area contributed by atoms with Crippen LogP contribution in [0.5, 0.6) is 0 Å². The van der Waals surface area contributed by atoms with Crippen molar-refractivity contribution in [1.82, 2.24) is 10.3 Å². The second-order valence-corrected chi connectivity index (χ2v) is 7.37. The van der Waals surface area contributed by atoms with Gasteiger partial charge in [-0.05, 0) is 43.7 Å². The van der Waals surface area contributed by atoms with Gasteiger partial charge in [0.1, 0.15) is 0 Å². The van der Waals surface area contributed by atoms with E-state index in [-0.39, 0.29) is 11.6 Å². The molecule has 1 aliphatic rings. The van der Waals surface area contributed by atoms with Crippen LogP contribution in [-0.4, -0.2) is 68.2 Å². The Morgan fingerprint density at radius 1 is 1.00 bits per heavy atom. The van der Waals surface area contributed by atoms with Crippen molar-refractivity contribution in [3.05, 3.63) is 59.7 Å².